The molecule has 0 fully saturated rings. The molecule has 0 bridgehead atoms. The number of aromatic nitrogens is 3. The van der Waals surface area contributed by atoms with E-state index in [9.17, 15) is 0 Å². The van der Waals surface area contributed by atoms with Crippen LogP contribution >= 0.6 is 11.8 Å². The standard InChI is InChI=1S/C20H17N3OS/c1-2-4-15(5-3-1)13-24-14-20-22-18-7-6-17(12-19(18)23-20)25-16-8-10-21-11-9-16/h1-12H,13-14H2,(H,22,23). The van der Waals surface area contributed by atoms with Crippen molar-refractivity contribution in [1.29, 1.82) is 0 Å². The number of ether oxygens (including phenoxy) is 1. The lowest BCUT2D eigenvalue weighted by Crippen LogP contribution is -1.95. The first kappa shape index (κ1) is 15.9. The number of fused-ring (bicyclic) bond motifs is 1. The molecule has 0 atom stereocenters. The molecule has 25 heavy (non-hydrogen) atoms. The van der Waals surface area contributed by atoms with E-state index in [4.69, 9.17) is 4.74 Å². The zero-order chi connectivity index (χ0) is 16.9. The molecule has 0 saturated heterocycles. The summed E-state index contributed by atoms with van der Waals surface area (Å²) in [4.78, 5) is 14.3. The van der Waals surface area contributed by atoms with Crippen molar-refractivity contribution < 1.29 is 4.74 Å². The average Bonchev–Trinajstić information content (AvgIpc) is 3.05. The van der Waals surface area contributed by atoms with Crippen molar-refractivity contribution in [2.24, 2.45) is 0 Å². The maximum Gasteiger partial charge on any atom is 0.133 e. The van der Waals surface area contributed by atoms with E-state index in [1.54, 1.807) is 24.2 Å². The number of nitrogens with one attached hydrogen (secondary N) is 1. The van der Waals surface area contributed by atoms with Crippen LogP contribution < -0.4 is 0 Å². The Kier molecular flexibility index (Phi) is 4.77. The lowest BCUT2D eigenvalue weighted by Gasteiger charge is -2.01. The first-order valence-corrected chi connectivity index (χ1v) is 8.87. The number of hydrogen-bond acceptors (Lipinski definition) is 4. The highest BCUT2D eigenvalue weighted by atomic mass is 32.2. The predicted octanol–water partition coefficient (Wildman–Crippen LogP) is 4.83. The molecule has 0 unspecified atom stereocenters. The first-order valence-electron chi connectivity index (χ1n) is 8.05. The fourth-order valence-electron chi connectivity index (χ4n) is 2.56. The normalized spacial score (nSPS) is 11.0. The predicted molar refractivity (Wildman–Crippen MR) is 99.4 cm³/mol. The molecule has 5 heteroatoms. The lowest BCUT2D eigenvalue weighted by molar-refractivity contribution is 0.102. The first-order chi connectivity index (χ1) is 12.4. The molecular formula is C20H17N3OS. The van der Waals surface area contributed by atoms with Gasteiger partial charge in [-0.05, 0) is 35.9 Å². The van der Waals surface area contributed by atoms with Crippen molar-refractivity contribution in [3.05, 3.63) is 84.4 Å². The Balaban J connectivity index is 1.43. The largest absolute Gasteiger partial charge is 0.369 e. The highest BCUT2D eigenvalue weighted by molar-refractivity contribution is 7.99. The van der Waals surface area contributed by atoms with Crippen LogP contribution in [0.25, 0.3) is 11.0 Å². The fraction of sp³-hybridized carbons (Fsp3) is 0.100. The van der Waals surface area contributed by atoms with Crippen LogP contribution in [0, 0.1) is 0 Å². The quantitative estimate of drug-likeness (QED) is 0.543. The summed E-state index contributed by atoms with van der Waals surface area (Å²) in [7, 11) is 0. The Labute approximate surface area is 150 Å². The van der Waals surface area contributed by atoms with Crippen molar-refractivity contribution in [2.45, 2.75) is 23.0 Å². The fourth-order valence-corrected chi connectivity index (χ4v) is 3.40. The summed E-state index contributed by atoms with van der Waals surface area (Å²) in [6.45, 7) is 1.05. The smallest absolute Gasteiger partial charge is 0.133 e. The van der Waals surface area contributed by atoms with Crippen LogP contribution in [0.2, 0.25) is 0 Å². The number of hydrogen-bond donors (Lipinski definition) is 1. The van der Waals surface area contributed by atoms with Gasteiger partial charge in [0.05, 0.1) is 17.6 Å². The molecule has 0 spiro atoms. The molecule has 0 aliphatic rings. The maximum absolute atomic E-state index is 5.76. The van der Waals surface area contributed by atoms with Gasteiger partial charge in [-0.3, -0.25) is 4.98 Å². The average molecular weight is 347 g/mol. The molecule has 2 aromatic carbocycles. The van der Waals surface area contributed by atoms with E-state index >= 15 is 0 Å². The number of benzene rings is 2. The van der Waals surface area contributed by atoms with Gasteiger partial charge in [0, 0.05) is 22.2 Å². The molecule has 2 aromatic heterocycles. The third-order valence-electron chi connectivity index (χ3n) is 3.74. The lowest BCUT2D eigenvalue weighted by atomic mass is 10.2. The van der Waals surface area contributed by atoms with E-state index in [2.05, 4.69) is 39.2 Å². The van der Waals surface area contributed by atoms with Crippen molar-refractivity contribution in [3.63, 3.8) is 0 Å². The third-order valence-corrected chi connectivity index (χ3v) is 4.74. The van der Waals surface area contributed by atoms with Crippen LogP contribution in [0.15, 0.2) is 82.8 Å². The Morgan fingerprint density at radius 2 is 1.72 bits per heavy atom. The molecule has 2 heterocycles. The van der Waals surface area contributed by atoms with Gasteiger partial charge in [0.1, 0.15) is 12.4 Å². The Morgan fingerprint density at radius 3 is 2.56 bits per heavy atom. The van der Waals surface area contributed by atoms with Crippen LogP contribution in [0.5, 0.6) is 0 Å². The van der Waals surface area contributed by atoms with Gasteiger partial charge in [0.2, 0.25) is 0 Å². The number of nitrogens with zero attached hydrogens (tertiary/aromatic N) is 2. The Bertz CT molecular complexity index is 955. The maximum atomic E-state index is 5.76. The molecule has 0 amide bonds. The molecule has 0 radical (unpaired) electrons. The van der Waals surface area contributed by atoms with Gasteiger partial charge in [-0.1, -0.05) is 42.1 Å². The highest BCUT2D eigenvalue weighted by Crippen LogP contribution is 2.29. The summed E-state index contributed by atoms with van der Waals surface area (Å²) in [5.41, 5.74) is 3.14. The summed E-state index contributed by atoms with van der Waals surface area (Å²) < 4.78 is 5.76. The minimum Gasteiger partial charge on any atom is -0.369 e. The second-order valence-electron chi connectivity index (χ2n) is 5.63. The molecule has 0 saturated carbocycles. The van der Waals surface area contributed by atoms with Gasteiger partial charge in [-0.15, -0.1) is 0 Å². The highest BCUT2D eigenvalue weighted by Gasteiger charge is 2.05. The second-order valence-corrected chi connectivity index (χ2v) is 6.77. The molecule has 4 rings (SSSR count). The molecule has 1 N–H and O–H groups in total. The topological polar surface area (TPSA) is 50.8 Å². The third kappa shape index (κ3) is 4.07. The summed E-state index contributed by atoms with van der Waals surface area (Å²) >= 11 is 1.71. The number of imidazole rings is 1. The molecular weight excluding hydrogens is 330 g/mol. The van der Waals surface area contributed by atoms with Crippen molar-refractivity contribution >= 4 is 22.8 Å². The zero-order valence-electron chi connectivity index (χ0n) is 13.6. The van der Waals surface area contributed by atoms with Gasteiger partial charge in [-0.25, -0.2) is 4.98 Å². The van der Waals surface area contributed by atoms with Crippen molar-refractivity contribution in [1.82, 2.24) is 15.0 Å². The van der Waals surface area contributed by atoms with Crippen molar-refractivity contribution in [2.75, 3.05) is 0 Å². The van der Waals surface area contributed by atoms with E-state index in [0.29, 0.717) is 13.2 Å². The van der Waals surface area contributed by atoms with E-state index in [1.807, 2.05) is 36.4 Å². The van der Waals surface area contributed by atoms with Crippen molar-refractivity contribution in [3.8, 4) is 0 Å². The molecule has 4 nitrogen and oxygen atoms in total. The monoisotopic (exact) mass is 347 g/mol. The van der Waals surface area contributed by atoms with Crippen LogP contribution in [0.1, 0.15) is 11.4 Å². The van der Waals surface area contributed by atoms with E-state index in [1.165, 1.54) is 9.79 Å². The minimum atomic E-state index is 0.469. The number of aromatic amines is 1. The summed E-state index contributed by atoms with van der Waals surface area (Å²) in [6.07, 6.45) is 3.61. The molecule has 4 aromatic rings. The van der Waals surface area contributed by atoms with E-state index in [-0.39, 0.29) is 0 Å². The minimum absolute atomic E-state index is 0.469. The molecule has 124 valence electrons. The summed E-state index contributed by atoms with van der Waals surface area (Å²) in [5.74, 6) is 0.844. The van der Waals surface area contributed by atoms with E-state index < -0.39 is 0 Å². The van der Waals surface area contributed by atoms with Crippen LogP contribution in [-0.4, -0.2) is 15.0 Å². The number of pyridine rings is 1. The van der Waals surface area contributed by atoms with Gasteiger partial charge >= 0.3 is 0 Å². The zero-order valence-corrected chi connectivity index (χ0v) is 14.4. The SMILES string of the molecule is c1ccc(COCc2nc3ccc(Sc4ccncc4)cc3[nH]2)cc1. The van der Waals surface area contributed by atoms with Crippen LogP contribution in [0.3, 0.4) is 0 Å². The van der Waals surface area contributed by atoms with E-state index in [0.717, 1.165) is 22.4 Å². The summed E-state index contributed by atoms with van der Waals surface area (Å²) in [5, 5.41) is 0. The van der Waals surface area contributed by atoms with Gasteiger partial charge in [0.15, 0.2) is 0 Å². The second kappa shape index (κ2) is 7.51. The number of H-pyrrole nitrogens is 1. The van der Waals surface area contributed by atoms with Gasteiger partial charge in [-0.2, -0.15) is 0 Å². The molecule has 0 aliphatic carbocycles. The van der Waals surface area contributed by atoms with Gasteiger partial charge < -0.3 is 9.72 Å². The number of rotatable bonds is 6. The van der Waals surface area contributed by atoms with Crippen LogP contribution in [-0.2, 0) is 18.0 Å². The Morgan fingerprint density at radius 1 is 0.880 bits per heavy atom. The molecule has 0 aliphatic heterocycles. The van der Waals surface area contributed by atoms with Crippen LogP contribution in [0.4, 0.5) is 0 Å². The summed E-state index contributed by atoms with van der Waals surface area (Å²) in [6, 6.07) is 20.4. The Hall–Kier alpha value is -2.63. The van der Waals surface area contributed by atoms with Gasteiger partial charge in [0.25, 0.3) is 0 Å².